The second kappa shape index (κ2) is 5.20. The Bertz CT molecular complexity index is 570. The number of hydrogen-bond donors (Lipinski definition) is 1. The Kier molecular flexibility index (Phi) is 3.40. The van der Waals surface area contributed by atoms with Crippen LogP contribution in [0.1, 0.15) is 28.9 Å². The number of amides is 1. The van der Waals surface area contributed by atoms with E-state index in [1.807, 2.05) is 4.90 Å². The molecule has 2 heterocycles. The zero-order chi connectivity index (χ0) is 14.1. The number of aromatic nitrogens is 1. The third-order valence-corrected chi connectivity index (χ3v) is 3.57. The summed E-state index contributed by atoms with van der Waals surface area (Å²) in [6, 6.07) is 3.74. The van der Waals surface area contributed by atoms with Crippen molar-refractivity contribution in [1.29, 1.82) is 0 Å². The van der Waals surface area contributed by atoms with Crippen molar-refractivity contribution in [2.75, 3.05) is 13.2 Å². The molecule has 1 aliphatic heterocycles. The van der Waals surface area contributed by atoms with E-state index in [1.165, 1.54) is 0 Å². The average molecular weight is 277 g/mol. The van der Waals surface area contributed by atoms with Gasteiger partial charge in [-0.3, -0.25) is 4.79 Å². The number of pyridine rings is 1. The topological polar surface area (TPSA) is 68.5 Å². The Labute approximate surface area is 116 Å². The highest BCUT2D eigenvalue weighted by Gasteiger charge is 2.38. The molecule has 1 aromatic rings. The van der Waals surface area contributed by atoms with E-state index in [4.69, 9.17) is 10.5 Å². The van der Waals surface area contributed by atoms with Crippen molar-refractivity contribution in [3.8, 4) is 5.88 Å². The maximum atomic E-state index is 12.4. The van der Waals surface area contributed by atoms with Gasteiger partial charge in [0.05, 0.1) is 24.1 Å². The molecule has 2 N–H and O–H groups in total. The van der Waals surface area contributed by atoms with Gasteiger partial charge < -0.3 is 15.4 Å². The largest absolute Gasteiger partial charge is 0.473 e. The first-order valence-electron chi connectivity index (χ1n) is 6.65. The molecule has 0 saturated heterocycles. The maximum absolute atomic E-state index is 12.4. The van der Waals surface area contributed by atoms with Gasteiger partial charge in [0.2, 0.25) is 5.88 Å². The number of carbonyl (C=O) groups excluding carboxylic acids is 1. The molecular weight excluding hydrogens is 261 g/mol. The Hall–Kier alpha value is -1.95. The van der Waals surface area contributed by atoms with Crippen LogP contribution in [0.5, 0.6) is 5.88 Å². The van der Waals surface area contributed by atoms with Gasteiger partial charge in [-0.15, -0.1) is 0 Å². The summed E-state index contributed by atoms with van der Waals surface area (Å²) < 4.78 is 17.8. The SMILES string of the molecule is NC/C(=C/F)COc1ccc2c(n1)CN(C1CC1)C2=O. The van der Waals surface area contributed by atoms with Crippen molar-refractivity contribution in [2.45, 2.75) is 25.4 Å². The van der Waals surface area contributed by atoms with E-state index >= 15 is 0 Å². The molecule has 0 unspecified atom stereocenters. The molecule has 0 radical (unpaired) electrons. The first-order valence-corrected chi connectivity index (χ1v) is 6.65. The highest BCUT2D eigenvalue weighted by atomic mass is 19.1. The van der Waals surface area contributed by atoms with Gasteiger partial charge in [-0.2, -0.15) is 0 Å². The molecule has 1 aromatic heterocycles. The molecule has 6 heteroatoms. The van der Waals surface area contributed by atoms with Gasteiger partial charge in [-0.1, -0.05) is 0 Å². The van der Waals surface area contributed by atoms with Crippen molar-refractivity contribution in [1.82, 2.24) is 9.88 Å². The summed E-state index contributed by atoms with van der Waals surface area (Å²) in [6.07, 6.45) is 2.60. The third-order valence-electron chi connectivity index (χ3n) is 3.57. The van der Waals surface area contributed by atoms with Crippen LogP contribution < -0.4 is 10.5 Å². The lowest BCUT2D eigenvalue weighted by atomic mass is 10.2. The van der Waals surface area contributed by atoms with E-state index < -0.39 is 0 Å². The van der Waals surface area contributed by atoms with Crippen LogP contribution in [0.4, 0.5) is 4.39 Å². The molecule has 0 atom stereocenters. The van der Waals surface area contributed by atoms with Gasteiger partial charge >= 0.3 is 0 Å². The number of fused-ring (bicyclic) bond motifs is 1. The summed E-state index contributed by atoms with van der Waals surface area (Å²) in [5.41, 5.74) is 7.10. The summed E-state index contributed by atoms with van der Waals surface area (Å²) in [7, 11) is 0. The van der Waals surface area contributed by atoms with Crippen molar-refractivity contribution in [2.24, 2.45) is 5.73 Å². The summed E-state index contributed by atoms with van der Waals surface area (Å²) in [6.45, 7) is 0.715. The van der Waals surface area contributed by atoms with Gasteiger partial charge in [0.15, 0.2) is 0 Å². The van der Waals surface area contributed by atoms with Gasteiger partial charge in [0, 0.05) is 24.2 Å². The van der Waals surface area contributed by atoms with Crippen LogP contribution in [-0.2, 0) is 6.54 Å². The first kappa shape index (κ1) is 13.1. The molecule has 20 heavy (non-hydrogen) atoms. The van der Waals surface area contributed by atoms with E-state index in [2.05, 4.69) is 4.98 Å². The Balaban J connectivity index is 1.71. The number of ether oxygens (including phenoxy) is 1. The van der Waals surface area contributed by atoms with Crippen LogP contribution in [0.2, 0.25) is 0 Å². The predicted molar refractivity (Wildman–Crippen MR) is 70.9 cm³/mol. The molecule has 106 valence electrons. The number of nitrogens with two attached hydrogens (primary N) is 1. The van der Waals surface area contributed by atoms with Crippen molar-refractivity contribution in [3.05, 3.63) is 35.3 Å². The van der Waals surface area contributed by atoms with Gasteiger partial charge in [-0.25, -0.2) is 9.37 Å². The van der Waals surface area contributed by atoms with E-state index in [9.17, 15) is 9.18 Å². The van der Waals surface area contributed by atoms with Gasteiger partial charge in [0.1, 0.15) is 6.61 Å². The lowest BCUT2D eigenvalue weighted by molar-refractivity contribution is 0.0766. The molecule has 1 aliphatic carbocycles. The highest BCUT2D eigenvalue weighted by Crippen LogP contribution is 2.34. The van der Waals surface area contributed by atoms with Crippen LogP contribution in [0.25, 0.3) is 0 Å². The number of rotatable bonds is 5. The van der Waals surface area contributed by atoms with E-state index in [-0.39, 0.29) is 19.1 Å². The van der Waals surface area contributed by atoms with Gasteiger partial charge in [0.25, 0.3) is 5.91 Å². The summed E-state index contributed by atoms with van der Waals surface area (Å²) in [4.78, 5) is 18.3. The maximum Gasteiger partial charge on any atom is 0.256 e. The number of halogens is 1. The molecule has 1 amide bonds. The van der Waals surface area contributed by atoms with Crippen LogP contribution in [-0.4, -0.2) is 35.0 Å². The normalized spacial score (nSPS) is 18.4. The van der Waals surface area contributed by atoms with Crippen molar-refractivity contribution in [3.63, 3.8) is 0 Å². The lowest BCUT2D eigenvalue weighted by Gasteiger charge is -2.12. The minimum absolute atomic E-state index is 0.0489. The molecule has 5 nitrogen and oxygen atoms in total. The molecule has 3 rings (SSSR count). The number of nitrogens with zero attached hydrogens (tertiary/aromatic N) is 2. The van der Waals surface area contributed by atoms with E-state index in [0.717, 1.165) is 18.5 Å². The fourth-order valence-electron chi connectivity index (χ4n) is 2.25. The predicted octanol–water partition coefficient (Wildman–Crippen LogP) is 1.39. The Morgan fingerprint density at radius 3 is 3.00 bits per heavy atom. The van der Waals surface area contributed by atoms with Crippen molar-refractivity contribution >= 4 is 5.91 Å². The molecule has 0 aromatic carbocycles. The quantitative estimate of drug-likeness (QED) is 0.883. The minimum Gasteiger partial charge on any atom is -0.473 e. The smallest absolute Gasteiger partial charge is 0.256 e. The molecular formula is C14H16FN3O2. The van der Waals surface area contributed by atoms with E-state index in [1.54, 1.807) is 12.1 Å². The molecule has 0 bridgehead atoms. The second-order valence-electron chi connectivity index (χ2n) is 5.07. The first-order chi connectivity index (χ1) is 9.72. The second-order valence-corrected chi connectivity index (χ2v) is 5.07. The molecule has 1 saturated carbocycles. The van der Waals surface area contributed by atoms with Crippen LogP contribution in [0.15, 0.2) is 24.0 Å². The zero-order valence-electron chi connectivity index (χ0n) is 11.0. The standard InChI is InChI=1S/C14H16FN3O2/c15-5-9(6-16)8-20-13-4-3-11-12(17-13)7-18(14(11)19)10-1-2-10/h3-5,10H,1-2,6-8,16H2/b9-5-. The van der Waals surface area contributed by atoms with E-state index in [0.29, 0.717) is 35.9 Å². The minimum atomic E-state index is 0.0489. The molecule has 0 spiro atoms. The summed E-state index contributed by atoms with van der Waals surface area (Å²) in [5.74, 6) is 0.440. The third kappa shape index (κ3) is 2.38. The number of hydrogen-bond acceptors (Lipinski definition) is 4. The summed E-state index contributed by atoms with van der Waals surface area (Å²) >= 11 is 0. The zero-order valence-corrected chi connectivity index (χ0v) is 11.0. The highest BCUT2D eigenvalue weighted by molar-refractivity contribution is 5.98. The summed E-state index contributed by atoms with van der Waals surface area (Å²) in [5, 5.41) is 0. The van der Waals surface area contributed by atoms with Crippen LogP contribution >= 0.6 is 0 Å². The monoisotopic (exact) mass is 277 g/mol. The lowest BCUT2D eigenvalue weighted by Crippen LogP contribution is -2.25. The Morgan fingerprint density at radius 2 is 2.35 bits per heavy atom. The fourth-order valence-corrected chi connectivity index (χ4v) is 2.25. The molecule has 2 aliphatic rings. The van der Waals surface area contributed by atoms with Crippen molar-refractivity contribution < 1.29 is 13.9 Å². The van der Waals surface area contributed by atoms with Crippen LogP contribution in [0, 0.1) is 0 Å². The van der Waals surface area contributed by atoms with Crippen LogP contribution in [0.3, 0.4) is 0 Å². The van der Waals surface area contributed by atoms with Gasteiger partial charge in [-0.05, 0) is 18.9 Å². The molecule has 1 fully saturated rings. The fraction of sp³-hybridized carbons (Fsp3) is 0.429. The Morgan fingerprint density at radius 1 is 1.55 bits per heavy atom. The average Bonchev–Trinajstić information content (AvgIpc) is 3.25. The number of carbonyl (C=O) groups is 1.